The Bertz CT molecular complexity index is 987. The van der Waals surface area contributed by atoms with Crippen LogP contribution in [0.2, 0.25) is 0 Å². The van der Waals surface area contributed by atoms with Gasteiger partial charge in [0, 0.05) is 10.8 Å². The number of rotatable bonds is 1. The number of fused-ring (bicyclic) bond motifs is 3. The van der Waals surface area contributed by atoms with Gasteiger partial charge in [0.25, 0.3) is 0 Å². The number of aromatic amines is 1. The first kappa shape index (κ1) is 13.6. The normalized spacial score (nSPS) is 10.8. The van der Waals surface area contributed by atoms with Gasteiger partial charge in [-0.2, -0.15) is 10.5 Å². The van der Waals surface area contributed by atoms with Crippen molar-refractivity contribution in [3.63, 3.8) is 0 Å². The van der Waals surface area contributed by atoms with Gasteiger partial charge in [0.2, 0.25) is 5.11 Å². The average Bonchev–Trinajstić information content (AvgIpc) is 2.84. The van der Waals surface area contributed by atoms with Gasteiger partial charge >= 0.3 is 0 Å². The number of nitriles is 2. The molecule has 7 nitrogen and oxygen atoms in total. The van der Waals surface area contributed by atoms with Crippen LogP contribution in [0.5, 0.6) is 0 Å². The third-order valence-corrected chi connectivity index (χ3v) is 3.17. The van der Waals surface area contributed by atoms with Crippen molar-refractivity contribution in [3.8, 4) is 23.5 Å². The average molecular weight is 305 g/mol. The summed E-state index contributed by atoms with van der Waals surface area (Å²) in [5, 5.41) is 27.5. The van der Waals surface area contributed by atoms with Crippen LogP contribution >= 0.6 is 12.2 Å². The first-order chi connectivity index (χ1) is 10.7. The van der Waals surface area contributed by atoms with Crippen molar-refractivity contribution in [2.24, 2.45) is 16.0 Å². The highest BCUT2D eigenvalue weighted by molar-refractivity contribution is 7.80. The molecule has 8 heteroatoms. The summed E-state index contributed by atoms with van der Waals surface area (Å²) in [6.45, 7) is 0. The van der Waals surface area contributed by atoms with Crippen LogP contribution in [-0.4, -0.2) is 15.1 Å². The maximum Gasteiger partial charge on any atom is 0.211 e. The van der Waals surface area contributed by atoms with Crippen LogP contribution in [0.3, 0.4) is 0 Å². The molecule has 104 valence electrons. The molecule has 1 aliphatic carbocycles. The SMILES string of the molecule is N#Cc1nc2c3ccccc3c(N=NC(N)=S)c-2[nH]c1C#N. The van der Waals surface area contributed by atoms with Crippen LogP contribution in [0.25, 0.3) is 22.2 Å². The highest BCUT2D eigenvalue weighted by Gasteiger charge is 2.22. The van der Waals surface area contributed by atoms with E-state index in [1.54, 1.807) is 0 Å². The van der Waals surface area contributed by atoms with E-state index in [9.17, 15) is 0 Å². The zero-order chi connectivity index (χ0) is 15.7. The molecule has 1 aromatic rings. The minimum atomic E-state index is -0.0967. The van der Waals surface area contributed by atoms with Crippen LogP contribution in [0.15, 0.2) is 34.5 Å². The molecule has 0 amide bonds. The molecule has 0 saturated carbocycles. The van der Waals surface area contributed by atoms with E-state index >= 15 is 0 Å². The van der Waals surface area contributed by atoms with Crippen molar-refractivity contribution in [2.45, 2.75) is 0 Å². The summed E-state index contributed by atoms with van der Waals surface area (Å²) in [5.74, 6) is 0. The molecule has 0 unspecified atom stereocenters. The number of azo groups is 1. The molecule has 1 aliphatic heterocycles. The van der Waals surface area contributed by atoms with E-state index in [2.05, 4.69) is 20.2 Å². The molecule has 0 atom stereocenters. The second-order valence-corrected chi connectivity index (χ2v) is 4.76. The third-order valence-electron chi connectivity index (χ3n) is 3.09. The quantitative estimate of drug-likeness (QED) is 0.527. The lowest BCUT2D eigenvalue weighted by atomic mass is 10.2. The van der Waals surface area contributed by atoms with E-state index in [4.69, 9.17) is 28.5 Å². The number of benzene rings is 1. The minimum Gasteiger partial charge on any atom is -0.373 e. The number of thiocarbonyl (C=S) groups is 1. The first-order valence-corrected chi connectivity index (χ1v) is 6.52. The number of nitrogens with two attached hydrogens (primary N) is 1. The molecule has 2 aliphatic rings. The summed E-state index contributed by atoms with van der Waals surface area (Å²) in [6, 6.07) is 11.2. The van der Waals surface area contributed by atoms with Gasteiger partial charge in [-0.1, -0.05) is 24.3 Å². The van der Waals surface area contributed by atoms with Gasteiger partial charge in [0.05, 0.1) is 11.4 Å². The summed E-state index contributed by atoms with van der Waals surface area (Å²) >= 11 is 4.70. The summed E-state index contributed by atoms with van der Waals surface area (Å²) in [5.41, 5.74) is 6.98. The fourth-order valence-electron chi connectivity index (χ4n) is 2.23. The molecule has 0 saturated heterocycles. The van der Waals surface area contributed by atoms with E-state index in [1.165, 1.54) is 0 Å². The number of hydrogen-bond acceptors (Lipinski definition) is 5. The molecular weight excluding hydrogens is 298 g/mol. The Morgan fingerprint density at radius 2 is 1.95 bits per heavy atom. The lowest BCUT2D eigenvalue weighted by Crippen LogP contribution is -2.01. The molecule has 0 spiro atoms. The highest BCUT2D eigenvalue weighted by atomic mass is 32.1. The van der Waals surface area contributed by atoms with Gasteiger partial charge < -0.3 is 10.7 Å². The molecule has 22 heavy (non-hydrogen) atoms. The lowest BCUT2D eigenvalue weighted by molar-refractivity contribution is 1.13. The summed E-state index contributed by atoms with van der Waals surface area (Å²) in [6.07, 6.45) is 0. The summed E-state index contributed by atoms with van der Waals surface area (Å²) in [4.78, 5) is 7.15. The van der Waals surface area contributed by atoms with Gasteiger partial charge in [0.1, 0.15) is 17.8 Å². The number of H-pyrrole nitrogens is 1. The van der Waals surface area contributed by atoms with E-state index < -0.39 is 0 Å². The van der Waals surface area contributed by atoms with Crippen molar-refractivity contribution < 1.29 is 0 Å². The third kappa shape index (κ3) is 2.04. The molecule has 3 rings (SSSR count). The maximum absolute atomic E-state index is 9.13. The number of nitrogens with zero attached hydrogens (tertiary/aromatic N) is 5. The van der Waals surface area contributed by atoms with Gasteiger partial charge in [-0.25, -0.2) is 4.98 Å². The Labute approximate surface area is 130 Å². The largest absolute Gasteiger partial charge is 0.373 e. The molecule has 0 fully saturated rings. The summed E-state index contributed by atoms with van der Waals surface area (Å²) < 4.78 is 0. The molecule has 0 radical (unpaired) electrons. The van der Waals surface area contributed by atoms with Crippen molar-refractivity contribution in [1.82, 2.24) is 9.97 Å². The summed E-state index contributed by atoms with van der Waals surface area (Å²) in [7, 11) is 0. The number of nitrogens with one attached hydrogen (secondary N) is 1. The first-order valence-electron chi connectivity index (χ1n) is 6.11. The van der Waals surface area contributed by atoms with Crippen LogP contribution in [-0.2, 0) is 0 Å². The van der Waals surface area contributed by atoms with Crippen molar-refractivity contribution >= 4 is 33.8 Å². The van der Waals surface area contributed by atoms with E-state index in [-0.39, 0.29) is 16.5 Å². The standard InChI is InChI=1S/C14H7N7S/c15-5-9-10(6-16)19-13-11(18-9)7-3-1-2-4-8(7)12(13)20-21-14(17)22/h1-4,19H,(H2,17,22). The van der Waals surface area contributed by atoms with Crippen molar-refractivity contribution in [3.05, 3.63) is 35.7 Å². The Morgan fingerprint density at radius 1 is 1.23 bits per heavy atom. The predicted molar refractivity (Wildman–Crippen MR) is 83.4 cm³/mol. The monoisotopic (exact) mass is 305 g/mol. The zero-order valence-corrected chi connectivity index (χ0v) is 11.8. The Balaban J connectivity index is 2.45. The Hall–Kier alpha value is -3.36. The molecule has 0 bridgehead atoms. The van der Waals surface area contributed by atoms with E-state index in [1.807, 2.05) is 36.4 Å². The Kier molecular flexibility index (Phi) is 3.22. The second kappa shape index (κ2) is 5.20. The smallest absolute Gasteiger partial charge is 0.211 e. The van der Waals surface area contributed by atoms with Crippen LogP contribution in [0, 0.1) is 22.7 Å². The van der Waals surface area contributed by atoms with Crippen LogP contribution < -0.4 is 5.73 Å². The molecule has 1 aromatic carbocycles. The second-order valence-electron chi connectivity index (χ2n) is 4.34. The maximum atomic E-state index is 9.13. The fourth-order valence-corrected chi connectivity index (χ4v) is 2.27. The molecule has 3 N–H and O–H groups in total. The highest BCUT2D eigenvalue weighted by Crippen LogP contribution is 2.42. The van der Waals surface area contributed by atoms with Crippen molar-refractivity contribution in [1.29, 1.82) is 10.5 Å². The zero-order valence-electron chi connectivity index (χ0n) is 11.0. The minimum absolute atomic E-state index is 0.0311. The molecule has 1 heterocycles. The fraction of sp³-hybridized carbons (Fsp3) is 0. The van der Waals surface area contributed by atoms with Gasteiger partial charge in [-0.15, -0.1) is 10.2 Å². The van der Waals surface area contributed by atoms with E-state index in [0.717, 1.165) is 10.8 Å². The lowest BCUT2D eigenvalue weighted by Gasteiger charge is -2.03. The number of hydrogen-bond donors (Lipinski definition) is 2. The van der Waals surface area contributed by atoms with Gasteiger partial charge in [-0.05, 0) is 12.2 Å². The number of aromatic nitrogens is 2. The Morgan fingerprint density at radius 3 is 2.59 bits per heavy atom. The van der Waals surface area contributed by atoms with Gasteiger partial charge in [-0.3, -0.25) is 0 Å². The van der Waals surface area contributed by atoms with E-state index in [0.29, 0.717) is 17.1 Å². The molecular formula is C14H7N7S. The molecule has 0 aromatic heterocycles. The van der Waals surface area contributed by atoms with Crippen LogP contribution in [0.4, 0.5) is 5.69 Å². The van der Waals surface area contributed by atoms with Gasteiger partial charge in [0.15, 0.2) is 11.4 Å². The van der Waals surface area contributed by atoms with Crippen molar-refractivity contribution in [2.75, 3.05) is 0 Å². The topological polar surface area (TPSA) is 127 Å². The predicted octanol–water partition coefficient (Wildman–Crippen LogP) is 2.74. The van der Waals surface area contributed by atoms with Crippen LogP contribution in [0.1, 0.15) is 11.4 Å².